The summed E-state index contributed by atoms with van der Waals surface area (Å²) in [6.45, 7) is 0. The molecule has 242 valence electrons. The summed E-state index contributed by atoms with van der Waals surface area (Å²) in [5.41, 5.74) is 5.33. The Labute approximate surface area is 317 Å². The Morgan fingerprint density at radius 2 is 1.19 bits per heavy atom. The predicted molar refractivity (Wildman–Crippen MR) is 219 cm³/mol. The van der Waals surface area contributed by atoms with Gasteiger partial charge in [0.05, 0.1) is 13.7 Å². The van der Waals surface area contributed by atoms with E-state index in [1.165, 1.54) is 23.2 Å². The molecule has 0 spiro atoms. The van der Waals surface area contributed by atoms with Crippen LogP contribution >= 0.6 is 11.3 Å². The van der Waals surface area contributed by atoms with E-state index >= 15 is 0 Å². The zero-order chi connectivity index (χ0) is 42.9. The van der Waals surface area contributed by atoms with Gasteiger partial charge in [0.25, 0.3) is 0 Å². The highest BCUT2D eigenvalue weighted by molar-refractivity contribution is 7.26. The molecule has 0 bridgehead atoms. The first-order chi connectivity index (χ1) is 29.9. The maximum atomic E-state index is 9.54. The predicted octanol–water partition coefficient (Wildman–Crippen LogP) is 13.7. The monoisotopic (exact) mass is 690 g/mol. The smallest absolute Gasteiger partial charge is 0.180 e. The van der Waals surface area contributed by atoms with Gasteiger partial charge in [0.1, 0.15) is 23.1 Å². The van der Waals surface area contributed by atoms with Crippen LogP contribution in [0.15, 0.2) is 174 Å². The average Bonchev–Trinajstić information content (AvgIpc) is 3.87. The zero-order valence-electron chi connectivity index (χ0n) is 37.1. The largest absolute Gasteiger partial charge is 0.452 e. The highest BCUT2D eigenvalue weighted by Gasteiger charge is 2.17. The van der Waals surface area contributed by atoms with E-state index in [1.54, 1.807) is 0 Å². The van der Waals surface area contributed by atoms with E-state index in [4.69, 9.17) is 16.8 Å². The second-order valence-electron chi connectivity index (χ2n) is 12.6. The molecule has 11 rings (SSSR count). The van der Waals surface area contributed by atoms with Crippen molar-refractivity contribution in [3.05, 3.63) is 170 Å². The number of aromatic nitrogens is 2. The third-order valence-electron chi connectivity index (χ3n) is 9.61. The molecule has 4 heteroatoms. The van der Waals surface area contributed by atoms with Crippen LogP contribution in [0.5, 0.6) is 0 Å². The van der Waals surface area contributed by atoms with Gasteiger partial charge in [-0.2, -0.15) is 0 Å². The average molecular weight is 691 g/mol. The topological polar surface area (TPSA) is 38.9 Å². The summed E-state index contributed by atoms with van der Waals surface area (Å²) in [6.07, 6.45) is 1.33. The van der Waals surface area contributed by atoms with Crippen LogP contribution in [0.4, 0.5) is 0 Å². The molecular weight excluding hydrogens is 653 g/mol. The fourth-order valence-corrected chi connectivity index (χ4v) is 8.12. The lowest BCUT2D eigenvalue weighted by Gasteiger charge is -2.08. The molecular formula is C48H28N2OS. The van der Waals surface area contributed by atoms with Crippen LogP contribution in [0.25, 0.3) is 108 Å². The van der Waals surface area contributed by atoms with Gasteiger partial charge in [-0.1, -0.05) is 121 Å². The summed E-state index contributed by atoms with van der Waals surface area (Å²) in [6, 6.07) is 30.8. The van der Waals surface area contributed by atoms with Gasteiger partial charge in [0, 0.05) is 31.1 Å². The van der Waals surface area contributed by atoms with Crippen molar-refractivity contribution in [1.82, 2.24) is 9.97 Å². The number of benzene rings is 8. The second-order valence-corrected chi connectivity index (χ2v) is 13.6. The minimum absolute atomic E-state index is 0.000315. The summed E-state index contributed by atoms with van der Waals surface area (Å²) in [7, 11) is 0. The minimum atomic E-state index is -0.524. The van der Waals surface area contributed by atoms with E-state index in [0.29, 0.717) is 16.5 Å². The molecule has 0 aliphatic rings. The van der Waals surface area contributed by atoms with Crippen LogP contribution in [0, 0.1) is 0 Å². The third kappa shape index (κ3) is 4.65. The van der Waals surface area contributed by atoms with Crippen molar-refractivity contribution in [1.29, 1.82) is 0 Å². The Morgan fingerprint density at radius 1 is 0.519 bits per heavy atom. The van der Waals surface area contributed by atoms with Crippen molar-refractivity contribution in [2.75, 3.05) is 0 Å². The molecule has 3 heterocycles. The molecule has 0 aliphatic heterocycles. The van der Waals surface area contributed by atoms with E-state index in [0.717, 1.165) is 44.4 Å². The Hall–Kier alpha value is -6.62. The van der Waals surface area contributed by atoms with Gasteiger partial charge in [-0.05, 0) is 97.3 Å². The number of rotatable bonds is 4. The molecule has 0 N–H and O–H groups in total. The van der Waals surface area contributed by atoms with Gasteiger partial charge in [-0.25, -0.2) is 9.97 Å². The molecule has 0 radical (unpaired) electrons. The van der Waals surface area contributed by atoms with E-state index in [2.05, 4.69) is 76.7 Å². The number of hydrogen-bond donors (Lipinski definition) is 0. The summed E-state index contributed by atoms with van der Waals surface area (Å²) in [4.78, 5) is 9.08. The van der Waals surface area contributed by atoms with E-state index in [9.17, 15) is 1.37 Å². The highest BCUT2D eigenvalue weighted by atomic mass is 32.1. The molecule has 8 aromatic carbocycles. The first kappa shape index (κ1) is 20.9. The van der Waals surface area contributed by atoms with Crippen molar-refractivity contribution in [2.45, 2.75) is 0 Å². The Kier molecular flexibility index (Phi) is 4.61. The number of hydrogen-bond acceptors (Lipinski definition) is 4. The van der Waals surface area contributed by atoms with Gasteiger partial charge < -0.3 is 4.42 Å². The Balaban J connectivity index is 1.03. The molecule has 0 saturated carbocycles. The summed E-state index contributed by atoms with van der Waals surface area (Å²) >= 11 is 0.920. The molecule has 3 nitrogen and oxygen atoms in total. The first-order valence-electron chi connectivity index (χ1n) is 21.6. The summed E-state index contributed by atoms with van der Waals surface area (Å²) < 4.78 is 94.6. The van der Waals surface area contributed by atoms with Crippen LogP contribution in [0.1, 0.15) is 13.7 Å². The molecule has 0 fully saturated rings. The van der Waals surface area contributed by atoms with Gasteiger partial charge >= 0.3 is 0 Å². The third-order valence-corrected chi connectivity index (χ3v) is 10.7. The van der Waals surface area contributed by atoms with Gasteiger partial charge in [-0.3, -0.25) is 0 Å². The van der Waals surface area contributed by atoms with Gasteiger partial charge in [0.2, 0.25) is 0 Å². The number of thiophene rings is 1. The van der Waals surface area contributed by atoms with E-state index in [1.807, 2.05) is 30.3 Å². The van der Waals surface area contributed by atoms with Crippen molar-refractivity contribution in [3.8, 4) is 44.6 Å². The lowest BCUT2D eigenvalue weighted by molar-refractivity contribution is 0.667. The number of nitrogens with zero attached hydrogens (tertiary/aromatic N) is 2. The quantitative estimate of drug-likeness (QED) is 0.184. The van der Waals surface area contributed by atoms with Gasteiger partial charge in [0.15, 0.2) is 5.58 Å². The molecule has 3 aromatic heterocycles. The first-order valence-corrected chi connectivity index (χ1v) is 17.5. The zero-order valence-corrected chi connectivity index (χ0v) is 27.9. The fourth-order valence-electron chi connectivity index (χ4n) is 7.05. The molecule has 11 aromatic rings. The molecule has 0 atom stereocenters. The maximum absolute atomic E-state index is 9.54. The van der Waals surface area contributed by atoms with Crippen LogP contribution in [0.2, 0.25) is 0 Å². The van der Waals surface area contributed by atoms with Crippen LogP contribution in [0.3, 0.4) is 0 Å². The van der Waals surface area contributed by atoms with Crippen molar-refractivity contribution in [3.63, 3.8) is 0 Å². The Bertz CT molecular complexity index is 3790. The number of furan rings is 1. The lowest BCUT2D eigenvalue weighted by Crippen LogP contribution is -1.88. The lowest BCUT2D eigenvalue weighted by atomic mass is 9.96. The molecule has 0 aliphatic carbocycles. The molecule has 0 unspecified atom stereocenters. The van der Waals surface area contributed by atoms with Crippen molar-refractivity contribution < 1.29 is 18.1 Å². The van der Waals surface area contributed by atoms with Crippen LogP contribution in [-0.2, 0) is 0 Å². The summed E-state index contributed by atoms with van der Waals surface area (Å²) in [5, 5.41) is 5.34. The SMILES string of the molecule is [2H]c1cc([2H])c(-c2c([2H])c([2H])c([2H])c3c2sc2c([2H])c([2H])c([2H])c([2H])c23)c([2H])c1-c1ncnc2c1oc1ccc(-c3ccc4cc(-c5ccc6ccccc6c5)ccc4c3)cc12. The minimum Gasteiger partial charge on any atom is -0.452 e. The van der Waals surface area contributed by atoms with E-state index in [-0.39, 0.29) is 78.4 Å². The fraction of sp³-hybridized carbons (Fsp3) is 0. The normalized spacial score (nSPS) is 14.5. The van der Waals surface area contributed by atoms with E-state index < -0.39 is 30.2 Å². The standard InChI is InChI=1S/C48H28N2OS/c1-2-8-30-23-31(16-15-29(30)7-1)32-17-18-34-25-35(20-19-33(34)24-32)36-21-22-43-42(27-36)46-47(51-43)45(49-28-50-46)38-10-5-9-37(26-38)39-12-6-13-41-40-11-3-4-14-44(40)52-48(39)41/h1-28H/i3D,4D,6D,9D,10D,11D,12D,13D,14D,26D. The van der Waals surface area contributed by atoms with Crippen LogP contribution in [-0.4, -0.2) is 9.97 Å². The van der Waals surface area contributed by atoms with Gasteiger partial charge in [-0.15, -0.1) is 11.3 Å². The molecule has 0 saturated heterocycles. The number of fused-ring (bicyclic) bond motifs is 8. The molecule has 0 amide bonds. The second kappa shape index (κ2) is 11.5. The van der Waals surface area contributed by atoms with Crippen molar-refractivity contribution >= 4 is 75.1 Å². The Morgan fingerprint density at radius 3 is 2.02 bits per heavy atom. The summed E-state index contributed by atoms with van der Waals surface area (Å²) in [5.74, 6) is 0. The van der Waals surface area contributed by atoms with Crippen LogP contribution < -0.4 is 0 Å². The highest BCUT2D eigenvalue weighted by Crippen LogP contribution is 2.42. The molecule has 52 heavy (non-hydrogen) atoms. The van der Waals surface area contributed by atoms with Crippen molar-refractivity contribution in [2.24, 2.45) is 0 Å². The maximum Gasteiger partial charge on any atom is 0.180 e.